The molecule has 7 heteroatoms. The molecule has 0 aliphatic heterocycles. The maximum Gasteiger partial charge on any atom is 0.287 e. The summed E-state index contributed by atoms with van der Waals surface area (Å²) >= 11 is 0. The predicted molar refractivity (Wildman–Crippen MR) is 102 cm³/mol. The molecular weight excluding hydrogens is 346 g/mol. The third kappa shape index (κ3) is 6.73. The first kappa shape index (κ1) is 21.0. The summed E-state index contributed by atoms with van der Waals surface area (Å²) in [7, 11) is 0. The lowest BCUT2D eigenvalue weighted by molar-refractivity contribution is -0.129. The van der Waals surface area contributed by atoms with Crippen LogP contribution in [0, 0.1) is 11.8 Å². The highest BCUT2D eigenvalue weighted by Crippen LogP contribution is 2.27. The molecule has 1 aliphatic carbocycles. The van der Waals surface area contributed by atoms with Crippen molar-refractivity contribution >= 4 is 17.7 Å². The Morgan fingerprint density at radius 3 is 2.41 bits per heavy atom. The van der Waals surface area contributed by atoms with Gasteiger partial charge in [0.25, 0.3) is 5.91 Å². The highest BCUT2D eigenvalue weighted by Gasteiger charge is 2.29. The number of primary amides is 1. The summed E-state index contributed by atoms with van der Waals surface area (Å²) in [5.41, 5.74) is 5.53. The SMILES string of the molecule is CC(C)C[C@H](NC(=O)c1ccco1)C(=O)N[C@@H](CC1CCCCC1)C(N)=O. The van der Waals surface area contributed by atoms with Crippen LogP contribution in [0.4, 0.5) is 0 Å². The quantitative estimate of drug-likeness (QED) is 0.613. The minimum atomic E-state index is -0.754. The lowest BCUT2D eigenvalue weighted by Gasteiger charge is -2.27. The van der Waals surface area contributed by atoms with Crippen molar-refractivity contribution in [1.82, 2.24) is 10.6 Å². The lowest BCUT2D eigenvalue weighted by Crippen LogP contribution is -2.53. The van der Waals surface area contributed by atoms with Crippen LogP contribution < -0.4 is 16.4 Å². The largest absolute Gasteiger partial charge is 0.459 e. The van der Waals surface area contributed by atoms with E-state index in [1.165, 1.54) is 18.8 Å². The molecule has 0 spiro atoms. The topological polar surface area (TPSA) is 114 Å². The molecule has 1 aliphatic rings. The van der Waals surface area contributed by atoms with Gasteiger partial charge in [0.15, 0.2) is 5.76 Å². The standard InChI is InChI=1S/C20H31N3O4/c1-13(2)11-16(23-20(26)17-9-6-10-27-17)19(25)22-15(18(21)24)12-14-7-4-3-5-8-14/h6,9-10,13-16H,3-5,7-8,11-12H2,1-2H3,(H2,21,24)(H,22,25)(H,23,26)/t15-,16-/m0/s1. The van der Waals surface area contributed by atoms with E-state index in [2.05, 4.69) is 10.6 Å². The van der Waals surface area contributed by atoms with Gasteiger partial charge in [0.2, 0.25) is 11.8 Å². The molecule has 1 aromatic heterocycles. The van der Waals surface area contributed by atoms with Gasteiger partial charge in [0.05, 0.1) is 6.26 Å². The lowest BCUT2D eigenvalue weighted by atomic mass is 9.84. The normalized spacial score (nSPS) is 17.3. The number of hydrogen-bond donors (Lipinski definition) is 3. The second-order valence-corrected chi connectivity index (χ2v) is 7.84. The Balaban J connectivity index is 2.00. The van der Waals surface area contributed by atoms with E-state index in [4.69, 9.17) is 10.2 Å². The molecule has 2 rings (SSSR count). The average molecular weight is 377 g/mol. The summed E-state index contributed by atoms with van der Waals surface area (Å²) < 4.78 is 5.08. The van der Waals surface area contributed by atoms with E-state index >= 15 is 0 Å². The van der Waals surface area contributed by atoms with Crippen LogP contribution in [-0.4, -0.2) is 29.8 Å². The fraction of sp³-hybridized carbons (Fsp3) is 0.650. The number of carbonyl (C=O) groups is 3. The van der Waals surface area contributed by atoms with Crippen molar-refractivity contribution in [2.75, 3.05) is 0 Å². The van der Waals surface area contributed by atoms with Crippen LogP contribution in [0.25, 0.3) is 0 Å². The number of amides is 3. The molecule has 1 heterocycles. The van der Waals surface area contributed by atoms with Crippen molar-refractivity contribution in [1.29, 1.82) is 0 Å². The van der Waals surface area contributed by atoms with Gasteiger partial charge in [0.1, 0.15) is 12.1 Å². The van der Waals surface area contributed by atoms with Crippen molar-refractivity contribution in [3.05, 3.63) is 24.2 Å². The minimum absolute atomic E-state index is 0.144. The van der Waals surface area contributed by atoms with E-state index < -0.39 is 23.9 Å². The Morgan fingerprint density at radius 2 is 1.85 bits per heavy atom. The van der Waals surface area contributed by atoms with Gasteiger partial charge >= 0.3 is 0 Å². The molecule has 0 radical (unpaired) electrons. The number of nitrogens with one attached hydrogen (secondary N) is 2. The van der Waals surface area contributed by atoms with Gasteiger partial charge in [-0.05, 0) is 36.8 Å². The van der Waals surface area contributed by atoms with Crippen LogP contribution in [0.15, 0.2) is 22.8 Å². The molecule has 3 amide bonds. The van der Waals surface area contributed by atoms with E-state index in [-0.39, 0.29) is 17.6 Å². The molecule has 1 aromatic rings. The van der Waals surface area contributed by atoms with Gasteiger partial charge in [-0.3, -0.25) is 14.4 Å². The number of furan rings is 1. The second kappa shape index (κ2) is 10.1. The second-order valence-electron chi connectivity index (χ2n) is 7.84. The summed E-state index contributed by atoms with van der Waals surface area (Å²) in [6, 6.07) is 1.68. The van der Waals surface area contributed by atoms with Gasteiger partial charge < -0.3 is 20.8 Å². The summed E-state index contributed by atoms with van der Waals surface area (Å²) in [6.07, 6.45) is 8.06. The average Bonchev–Trinajstić information content (AvgIpc) is 3.15. The molecule has 7 nitrogen and oxygen atoms in total. The third-order valence-electron chi connectivity index (χ3n) is 5.03. The molecule has 0 unspecified atom stereocenters. The van der Waals surface area contributed by atoms with Gasteiger partial charge in [-0.15, -0.1) is 0 Å². The first-order chi connectivity index (χ1) is 12.9. The molecule has 150 valence electrons. The molecule has 1 saturated carbocycles. The Bertz CT molecular complexity index is 621. The van der Waals surface area contributed by atoms with Crippen LogP contribution >= 0.6 is 0 Å². The zero-order chi connectivity index (χ0) is 19.8. The van der Waals surface area contributed by atoms with Crippen molar-refractivity contribution < 1.29 is 18.8 Å². The Hall–Kier alpha value is -2.31. The molecular formula is C20H31N3O4. The van der Waals surface area contributed by atoms with Crippen molar-refractivity contribution in [2.45, 2.75) is 70.9 Å². The Morgan fingerprint density at radius 1 is 1.15 bits per heavy atom. The summed E-state index contributed by atoms with van der Waals surface area (Å²) in [5.74, 6) is -0.646. The van der Waals surface area contributed by atoms with Crippen molar-refractivity contribution in [2.24, 2.45) is 17.6 Å². The van der Waals surface area contributed by atoms with E-state index in [9.17, 15) is 14.4 Å². The van der Waals surface area contributed by atoms with Crippen LogP contribution in [0.1, 0.15) is 69.3 Å². The number of hydrogen-bond acceptors (Lipinski definition) is 4. The van der Waals surface area contributed by atoms with E-state index in [0.717, 1.165) is 25.7 Å². The van der Waals surface area contributed by atoms with Crippen LogP contribution in [0.5, 0.6) is 0 Å². The van der Waals surface area contributed by atoms with Crippen LogP contribution in [-0.2, 0) is 9.59 Å². The minimum Gasteiger partial charge on any atom is -0.459 e. The van der Waals surface area contributed by atoms with Gasteiger partial charge in [0, 0.05) is 0 Å². The molecule has 0 aromatic carbocycles. The summed E-state index contributed by atoms with van der Waals surface area (Å²) in [5, 5.41) is 5.46. The number of carbonyl (C=O) groups excluding carboxylic acids is 3. The van der Waals surface area contributed by atoms with Crippen LogP contribution in [0.3, 0.4) is 0 Å². The van der Waals surface area contributed by atoms with Crippen molar-refractivity contribution in [3.63, 3.8) is 0 Å². The fourth-order valence-corrected chi connectivity index (χ4v) is 3.61. The highest BCUT2D eigenvalue weighted by atomic mass is 16.3. The number of nitrogens with two attached hydrogens (primary N) is 1. The maximum atomic E-state index is 12.8. The third-order valence-corrected chi connectivity index (χ3v) is 5.03. The summed E-state index contributed by atoms with van der Waals surface area (Å²) in [4.78, 5) is 36.9. The Kier molecular flexibility index (Phi) is 7.88. The van der Waals surface area contributed by atoms with E-state index in [0.29, 0.717) is 18.8 Å². The van der Waals surface area contributed by atoms with E-state index in [1.54, 1.807) is 6.07 Å². The van der Waals surface area contributed by atoms with Crippen LogP contribution in [0.2, 0.25) is 0 Å². The molecule has 27 heavy (non-hydrogen) atoms. The molecule has 4 N–H and O–H groups in total. The smallest absolute Gasteiger partial charge is 0.287 e. The zero-order valence-corrected chi connectivity index (χ0v) is 16.2. The van der Waals surface area contributed by atoms with Gasteiger partial charge in [-0.1, -0.05) is 46.0 Å². The maximum absolute atomic E-state index is 12.8. The molecule has 2 atom stereocenters. The fourth-order valence-electron chi connectivity index (χ4n) is 3.61. The highest BCUT2D eigenvalue weighted by molar-refractivity contribution is 5.96. The van der Waals surface area contributed by atoms with Gasteiger partial charge in [-0.2, -0.15) is 0 Å². The van der Waals surface area contributed by atoms with E-state index in [1.807, 2.05) is 13.8 Å². The molecule has 0 bridgehead atoms. The monoisotopic (exact) mass is 377 g/mol. The molecule has 1 fully saturated rings. The first-order valence-electron chi connectivity index (χ1n) is 9.81. The first-order valence-corrected chi connectivity index (χ1v) is 9.81. The zero-order valence-electron chi connectivity index (χ0n) is 16.2. The molecule has 0 saturated heterocycles. The Labute approximate surface area is 160 Å². The summed E-state index contributed by atoms with van der Waals surface area (Å²) in [6.45, 7) is 3.93. The number of rotatable bonds is 9. The van der Waals surface area contributed by atoms with Crippen molar-refractivity contribution in [3.8, 4) is 0 Å². The predicted octanol–water partition coefficient (Wildman–Crippen LogP) is 2.36. The van der Waals surface area contributed by atoms with Gasteiger partial charge in [-0.25, -0.2) is 0 Å².